The van der Waals surface area contributed by atoms with E-state index in [1.807, 2.05) is 13.8 Å². The molecule has 0 atom stereocenters. The molecule has 10 heteroatoms. The summed E-state index contributed by atoms with van der Waals surface area (Å²) in [4.78, 5) is 47.9. The number of carbonyl (C=O) groups excluding carboxylic acids is 4. The average Bonchev–Trinajstić information content (AvgIpc) is 3.12. The summed E-state index contributed by atoms with van der Waals surface area (Å²) in [6, 6.07) is 15.1. The number of unbranched alkanes of at least 4 members (excludes halogenated alkanes) is 6. The van der Waals surface area contributed by atoms with Crippen molar-refractivity contribution in [1.82, 2.24) is 0 Å². The molecule has 0 aliphatic rings. The monoisotopic (exact) mass is 700 g/mol. The summed E-state index contributed by atoms with van der Waals surface area (Å²) in [5.41, 5.74) is 3.02. The van der Waals surface area contributed by atoms with Crippen LogP contribution in [-0.4, -0.2) is 50.3 Å². The molecular formula is C41H48O10. The summed E-state index contributed by atoms with van der Waals surface area (Å²) in [5, 5.41) is 0. The molecule has 0 radical (unpaired) electrons. The van der Waals surface area contributed by atoms with Crippen molar-refractivity contribution in [3.05, 3.63) is 108 Å². The molecule has 3 rings (SSSR count). The predicted octanol–water partition coefficient (Wildman–Crippen LogP) is 8.39. The third kappa shape index (κ3) is 14.2. The van der Waals surface area contributed by atoms with Gasteiger partial charge in [0, 0.05) is 12.2 Å². The Balaban J connectivity index is 1.42. The molecule has 10 nitrogen and oxygen atoms in total. The van der Waals surface area contributed by atoms with Crippen LogP contribution >= 0.6 is 0 Å². The van der Waals surface area contributed by atoms with E-state index in [-0.39, 0.29) is 0 Å². The Morgan fingerprint density at radius 2 is 0.922 bits per heavy atom. The van der Waals surface area contributed by atoms with E-state index in [0.717, 1.165) is 74.6 Å². The van der Waals surface area contributed by atoms with Gasteiger partial charge in [-0.15, -0.1) is 0 Å². The summed E-state index contributed by atoms with van der Waals surface area (Å²) in [7, 11) is 0. The van der Waals surface area contributed by atoms with Crippen LogP contribution in [0.4, 0.5) is 0 Å². The zero-order valence-electron chi connectivity index (χ0n) is 29.8. The van der Waals surface area contributed by atoms with Crippen molar-refractivity contribution in [1.29, 1.82) is 0 Å². The van der Waals surface area contributed by atoms with Gasteiger partial charge in [-0.1, -0.05) is 13.2 Å². The molecule has 0 spiro atoms. The topological polar surface area (TPSA) is 124 Å². The number of rotatable bonds is 22. The van der Waals surface area contributed by atoms with Gasteiger partial charge < -0.3 is 28.4 Å². The molecule has 3 aromatic carbocycles. The quantitative estimate of drug-likeness (QED) is 0.0437. The minimum atomic E-state index is -0.518. The minimum Gasteiger partial charge on any atom is -0.493 e. The molecule has 0 aromatic heterocycles. The SMILES string of the molecule is C=CC(=O)OCCCCCCOc1ccc(C(=O)Oc2ccc(OC(=O)c3ccc(OCCCCCCOC(=O)C=C)c(C)c3)c(C)c2)cc1C. The van der Waals surface area contributed by atoms with Crippen molar-refractivity contribution in [2.24, 2.45) is 0 Å². The van der Waals surface area contributed by atoms with Crippen molar-refractivity contribution in [3.8, 4) is 23.0 Å². The lowest BCUT2D eigenvalue weighted by atomic mass is 10.1. The highest BCUT2D eigenvalue weighted by molar-refractivity contribution is 5.92. The van der Waals surface area contributed by atoms with Crippen LogP contribution in [0.25, 0.3) is 0 Å². The third-order valence-corrected chi connectivity index (χ3v) is 7.80. The molecule has 0 saturated carbocycles. The highest BCUT2D eigenvalue weighted by Crippen LogP contribution is 2.27. The number of hydrogen-bond acceptors (Lipinski definition) is 10. The third-order valence-electron chi connectivity index (χ3n) is 7.80. The van der Waals surface area contributed by atoms with Crippen molar-refractivity contribution in [3.63, 3.8) is 0 Å². The first kappa shape index (κ1) is 40.1. The summed E-state index contributed by atoms with van der Waals surface area (Å²) < 4.78 is 33.0. The zero-order valence-corrected chi connectivity index (χ0v) is 29.8. The van der Waals surface area contributed by atoms with Gasteiger partial charge >= 0.3 is 23.9 Å². The first-order valence-corrected chi connectivity index (χ1v) is 17.2. The molecule has 0 bridgehead atoms. The lowest BCUT2D eigenvalue weighted by Crippen LogP contribution is -2.11. The highest BCUT2D eigenvalue weighted by Gasteiger charge is 2.15. The Kier molecular flexibility index (Phi) is 17.0. The molecule has 0 saturated heterocycles. The normalized spacial score (nSPS) is 10.5. The fourth-order valence-corrected chi connectivity index (χ4v) is 4.94. The lowest BCUT2D eigenvalue weighted by Gasteiger charge is -2.13. The van der Waals surface area contributed by atoms with Crippen LogP contribution in [0.2, 0.25) is 0 Å². The molecule has 0 fully saturated rings. The molecule has 3 aromatic rings. The van der Waals surface area contributed by atoms with Crippen molar-refractivity contribution >= 4 is 23.9 Å². The van der Waals surface area contributed by atoms with E-state index in [2.05, 4.69) is 13.2 Å². The van der Waals surface area contributed by atoms with Gasteiger partial charge in [-0.05, 0) is 143 Å². The van der Waals surface area contributed by atoms with Crippen LogP contribution in [0.5, 0.6) is 23.0 Å². The van der Waals surface area contributed by atoms with E-state index < -0.39 is 23.9 Å². The Hall–Kier alpha value is -5.38. The zero-order chi connectivity index (χ0) is 37.0. The van der Waals surface area contributed by atoms with Crippen LogP contribution in [0.1, 0.15) is 88.8 Å². The molecular weight excluding hydrogens is 652 g/mol. The summed E-state index contributed by atoms with van der Waals surface area (Å²) >= 11 is 0. The molecule has 0 amide bonds. The van der Waals surface area contributed by atoms with E-state index >= 15 is 0 Å². The van der Waals surface area contributed by atoms with Crippen molar-refractivity contribution in [2.75, 3.05) is 26.4 Å². The number of esters is 4. The van der Waals surface area contributed by atoms with Gasteiger partial charge in [-0.25, -0.2) is 19.2 Å². The van der Waals surface area contributed by atoms with Crippen LogP contribution < -0.4 is 18.9 Å². The fourth-order valence-electron chi connectivity index (χ4n) is 4.94. The Morgan fingerprint density at radius 1 is 0.510 bits per heavy atom. The van der Waals surface area contributed by atoms with Crippen LogP contribution in [0, 0.1) is 20.8 Å². The molecule has 0 heterocycles. The van der Waals surface area contributed by atoms with Crippen molar-refractivity contribution < 1.29 is 47.6 Å². The first-order chi connectivity index (χ1) is 24.6. The largest absolute Gasteiger partial charge is 0.493 e. The van der Waals surface area contributed by atoms with Gasteiger partial charge in [-0.3, -0.25) is 0 Å². The van der Waals surface area contributed by atoms with Gasteiger partial charge in [0.1, 0.15) is 23.0 Å². The van der Waals surface area contributed by atoms with Crippen molar-refractivity contribution in [2.45, 2.75) is 72.1 Å². The van der Waals surface area contributed by atoms with Gasteiger partial charge in [0.25, 0.3) is 0 Å². The van der Waals surface area contributed by atoms with Gasteiger partial charge in [0.2, 0.25) is 0 Å². The molecule has 0 unspecified atom stereocenters. The van der Waals surface area contributed by atoms with Gasteiger partial charge in [0.05, 0.1) is 37.6 Å². The van der Waals surface area contributed by atoms with Crippen LogP contribution in [0.15, 0.2) is 79.9 Å². The second kappa shape index (κ2) is 21.7. The second-order valence-corrected chi connectivity index (χ2v) is 11.9. The smallest absolute Gasteiger partial charge is 0.343 e. The molecule has 272 valence electrons. The number of hydrogen-bond donors (Lipinski definition) is 0. The summed E-state index contributed by atoms with van der Waals surface area (Å²) in [6.07, 6.45) is 9.33. The Labute approximate surface area is 300 Å². The second-order valence-electron chi connectivity index (χ2n) is 11.9. The predicted molar refractivity (Wildman–Crippen MR) is 194 cm³/mol. The maximum absolute atomic E-state index is 12.9. The minimum absolute atomic E-state index is 0.322. The summed E-state index contributed by atoms with van der Waals surface area (Å²) in [5.74, 6) is 0.219. The van der Waals surface area contributed by atoms with E-state index in [9.17, 15) is 19.2 Å². The molecule has 51 heavy (non-hydrogen) atoms. The molecule has 0 aliphatic heterocycles. The average molecular weight is 701 g/mol. The number of ether oxygens (including phenoxy) is 6. The summed E-state index contributed by atoms with van der Waals surface area (Å²) in [6.45, 7) is 14.1. The van der Waals surface area contributed by atoms with E-state index in [1.54, 1.807) is 61.5 Å². The molecule has 0 aliphatic carbocycles. The number of carbonyl (C=O) groups is 4. The maximum atomic E-state index is 12.9. The van der Waals surface area contributed by atoms with Crippen LogP contribution in [-0.2, 0) is 19.1 Å². The van der Waals surface area contributed by atoms with Gasteiger partial charge in [0.15, 0.2) is 0 Å². The van der Waals surface area contributed by atoms with E-state index in [0.29, 0.717) is 66.1 Å². The highest BCUT2D eigenvalue weighted by atomic mass is 16.5. The first-order valence-electron chi connectivity index (χ1n) is 17.2. The number of benzene rings is 3. The van der Waals surface area contributed by atoms with E-state index in [1.165, 1.54) is 0 Å². The van der Waals surface area contributed by atoms with Crippen LogP contribution in [0.3, 0.4) is 0 Å². The number of aryl methyl sites for hydroxylation is 3. The fraction of sp³-hybridized carbons (Fsp3) is 0.366. The molecule has 0 N–H and O–H groups in total. The van der Waals surface area contributed by atoms with Gasteiger partial charge in [-0.2, -0.15) is 0 Å². The Morgan fingerprint density at radius 3 is 1.35 bits per heavy atom. The maximum Gasteiger partial charge on any atom is 0.343 e. The lowest BCUT2D eigenvalue weighted by molar-refractivity contribution is -0.138. The Bertz CT molecular complexity index is 1660. The standard InChI is InChI=1S/C41H48O10/c1-6-38(42)48-24-14-10-8-12-22-46-35-19-16-32(26-29(35)3)40(44)50-34-18-21-37(31(5)28-34)51-41(45)33-17-20-36(30(4)27-33)47-23-13-9-11-15-25-49-39(43)7-2/h6-7,16-21,26-28H,1-2,8-15,22-25H2,3-5H3. The van der Waals surface area contributed by atoms with E-state index in [4.69, 9.17) is 28.4 Å².